The number of benzene rings is 9. The Balaban J connectivity index is 1.31. The van der Waals surface area contributed by atoms with Gasteiger partial charge in [-0.25, -0.2) is 0 Å². The highest BCUT2D eigenvalue weighted by atomic mass is 16.3. The van der Waals surface area contributed by atoms with Crippen LogP contribution in [0.1, 0.15) is 29.5 Å². The highest BCUT2D eigenvalue weighted by molar-refractivity contribution is 6.32. The molecule has 1 nitrogen and oxygen atoms in total. The van der Waals surface area contributed by atoms with Crippen LogP contribution in [0.25, 0.3) is 76.9 Å². The smallest absolute Gasteiger partial charge is 0.143 e. The van der Waals surface area contributed by atoms with E-state index in [0.29, 0.717) is 16.7 Å². The Kier molecular flexibility index (Phi) is 6.11. The van der Waals surface area contributed by atoms with E-state index in [2.05, 4.69) is 97.1 Å². The van der Waals surface area contributed by atoms with Gasteiger partial charge in [-0.3, -0.25) is 0 Å². The van der Waals surface area contributed by atoms with Gasteiger partial charge in [0.15, 0.2) is 0 Å². The molecule has 0 unspecified atom stereocenters. The molecule has 0 amide bonds. The Morgan fingerprint density at radius 2 is 0.846 bits per heavy atom. The molecule has 10 rings (SSSR count). The van der Waals surface area contributed by atoms with Crippen molar-refractivity contribution in [2.45, 2.75) is 5.92 Å². The molecule has 0 fully saturated rings. The topological polar surface area (TPSA) is 13.1 Å². The van der Waals surface area contributed by atoms with Gasteiger partial charge in [0.1, 0.15) is 11.2 Å². The Morgan fingerprint density at radius 1 is 0.365 bits per heavy atom. The van der Waals surface area contributed by atoms with Gasteiger partial charge in [0.05, 0.1) is 6.85 Å². The van der Waals surface area contributed by atoms with Crippen molar-refractivity contribution < 1.29 is 11.3 Å². The molecule has 52 heavy (non-hydrogen) atoms. The van der Waals surface area contributed by atoms with Gasteiger partial charge in [0, 0.05) is 27.6 Å². The highest BCUT2D eigenvalue weighted by Gasteiger charge is 2.26. The average molecular weight is 668 g/mol. The molecular weight excluding hydrogens is 629 g/mol. The van der Waals surface area contributed by atoms with Crippen molar-refractivity contribution in [1.29, 1.82) is 0 Å². The van der Waals surface area contributed by atoms with E-state index in [9.17, 15) is 0 Å². The summed E-state index contributed by atoms with van der Waals surface area (Å²) in [5.41, 5.74) is 9.51. The standard InChI is InChI=1S/C51H34O/c1-4-14-34(15-5-1)36-24-28-39(29-25-36)47(40-30-26-37(27-31-40)35-16-6-2-7-17-35)46-33-32-41(38-18-8-3-9-19-38)48-49-44-22-12-10-20-42(44)43-21-11-13-23-45(43)50(49)52-51(46)48/h1-33,47H/i3D,8D,9D,18D,19D. The van der Waals surface area contributed by atoms with E-state index in [4.69, 9.17) is 11.3 Å². The molecule has 0 atom stereocenters. The number of rotatable bonds is 6. The van der Waals surface area contributed by atoms with Crippen LogP contribution in [0.15, 0.2) is 204 Å². The molecule has 244 valence electrons. The maximum atomic E-state index is 9.09. The number of furan rings is 1. The minimum atomic E-state index is -0.423. The number of hydrogen-bond acceptors (Lipinski definition) is 1. The van der Waals surface area contributed by atoms with E-state index in [1.165, 1.54) is 0 Å². The summed E-state index contributed by atoms with van der Waals surface area (Å²) in [4.78, 5) is 0. The van der Waals surface area contributed by atoms with Crippen molar-refractivity contribution in [3.63, 3.8) is 0 Å². The van der Waals surface area contributed by atoms with Crippen molar-refractivity contribution in [3.8, 4) is 33.4 Å². The quantitative estimate of drug-likeness (QED) is 0.127. The predicted molar refractivity (Wildman–Crippen MR) is 219 cm³/mol. The predicted octanol–water partition coefficient (Wildman–Crippen LogP) is 14.1. The first-order chi connectivity index (χ1) is 27.9. The lowest BCUT2D eigenvalue weighted by Crippen LogP contribution is -2.04. The fourth-order valence-electron chi connectivity index (χ4n) is 7.89. The van der Waals surface area contributed by atoms with Crippen molar-refractivity contribution in [3.05, 3.63) is 217 Å². The zero-order chi connectivity index (χ0) is 38.8. The molecule has 0 aliphatic heterocycles. The van der Waals surface area contributed by atoms with Crippen molar-refractivity contribution >= 4 is 43.5 Å². The van der Waals surface area contributed by atoms with Gasteiger partial charge >= 0.3 is 0 Å². The molecule has 0 spiro atoms. The SMILES string of the molecule is [2H]c1c([2H])c([2H])c(-c2ccc(C(c3ccc(-c4ccccc4)cc3)c3ccc(-c4ccccc4)cc3)c3oc4c5ccccc5c5ccccc5c4c23)c([2H])c1[2H]. The second kappa shape index (κ2) is 12.6. The van der Waals surface area contributed by atoms with Gasteiger partial charge < -0.3 is 4.42 Å². The zero-order valence-corrected chi connectivity index (χ0v) is 28.2. The Hall–Kier alpha value is -6.70. The molecular formula is C51H34O. The van der Waals surface area contributed by atoms with E-state index in [0.717, 1.165) is 71.3 Å². The van der Waals surface area contributed by atoms with Gasteiger partial charge in [-0.1, -0.05) is 200 Å². The lowest BCUT2D eigenvalue weighted by molar-refractivity contribution is 0.665. The summed E-state index contributed by atoms with van der Waals surface area (Å²) < 4.78 is 51.0. The summed E-state index contributed by atoms with van der Waals surface area (Å²) in [7, 11) is 0. The van der Waals surface area contributed by atoms with E-state index < -0.39 is 6.04 Å². The van der Waals surface area contributed by atoms with Gasteiger partial charge in [-0.05, 0) is 60.7 Å². The van der Waals surface area contributed by atoms with Crippen LogP contribution in [0.3, 0.4) is 0 Å². The monoisotopic (exact) mass is 667 g/mol. The fraction of sp³-hybridized carbons (Fsp3) is 0.0196. The molecule has 0 saturated heterocycles. The summed E-state index contributed by atoms with van der Waals surface area (Å²) >= 11 is 0. The van der Waals surface area contributed by atoms with Crippen LogP contribution in [0.2, 0.25) is 0 Å². The van der Waals surface area contributed by atoms with Crippen LogP contribution >= 0.6 is 0 Å². The molecule has 0 aliphatic rings. The van der Waals surface area contributed by atoms with Crippen molar-refractivity contribution in [2.75, 3.05) is 0 Å². The molecule has 1 aromatic heterocycles. The first kappa shape index (κ1) is 25.3. The molecule has 10 aromatic rings. The van der Waals surface area contributed by atoms with Crippen LogP contribution in [0.5, 0.6) is 0 Å². The van der Waals surface area contributed by atoms with Crippen LogP contribution in [0, 0.1) is 0 Å². The molecule has 1 heterocycles. The Labute approximate surface area is 310 Å². The minimum absolute atomic E-state index is 0.147. The van der Waals surface area contributed by atoms with Crippen molar-refractivity contribution in [1.82, 2.24) is 0 Å². The van der Waals surface area contributed by atoms with Gasteiger partial charge in [0.25, 0.3) is 0 Å². The van der Waals surface area contributed by atoms with Crippen LogP contribution in [0.4, 0.5) is 0 Å². The van der Waals surface area contributed by atoms with Crippen LogP contribution in [-0.4, -0.2) is 0 Å². The minimum Gasteiger partial charge on any atom is -0.455 e. The zero-order valence-electron chi connectivity index (χ0n) is 33.2. The summed E-state index contributed by atoms with van der Waals surface area (Å²) in [5, 5.41) is 5.57. The molecule has 0 N–H and O–H groups in total. The summed E-state index contributed by atoms with van der Waals surface area (Å²) in [6.07, 6.45) is 0. The van der Waals surface area contributed by atoms with Gasteiger partial charge in [-0.15, -0.1) is 0 Å². The first-order valence-corrected chi connectivity index (χ1v) is 17.6. The second-order valence-corrected chi connectivity index (χ2v) is 13.2. The van der Waals surface area contributed by atoms with Crippen LogP contribution < -0.4 is 0 Å². The molecule has 0 saturated carbocycles. The van der Waals surface area contributed by atoms with Crippen molar-refractivity contribution in [2.24, 2.45) is 0 Å². The molecule has 0 bridgehead atoms. The summed E-state index contributed by atoms with van der Waals surface area (Å²) in [5.74, 6) is -0.283. The molecule has 9 aromatic carbocycles. The molecule has 0 aliphatic carbocycles. The van der Waals surface area contributed by atoms with Gasteiger partial charge in [0.2, 0.25) is 0 Å². The third-order valence-corrected chi connectivity index (χ3v) is 10.3. The third kappa shape index (κ3) is 5.01. The molecule has 1 heteroatoms. The normalized spacial score (nSPS) is 13.0. The fourth-order valence-corrected chi connectivity index (χ4v) is 7.89. The maximum Gasteiger partial charge on any atom is 0.143 e. The largest absolute Gasteiger partial charge is 0.455 e. The highest BCUT2D eigenvalue weighted by Crippen LogP contribution is 2.48. The molecule has 0 radical (unpaired) electrons. The third-order valence-electron chi connectivity index (χ3n) is 10.3. The second-order valence-electron chi connectivity index (χ2n) is 13.2. The number of fused-ring (bicyclic) bond motifs is 8. The van der Waals surface area contributed by atoms with Gasteiger partial charge in [-0.2, -0.15) is 0 Å². The van der Waals surface area contributed by atoms with E-state index in [1.807, 2.05) is 72.8 Å². The summed E-state index contributed by atoms with van der Waals surface area (Å²) in [6.45, 7) is 0. The lowest BCUT2D eigenvalue weighted by Gasteiger charge is -2.21. The maximum absolute atomic E-state index is 9.09. The first-order valence-electron chi connectivity index (χ1n) is 20.1. The summed E-state index contributed by atoms with van der Waals surface area (Å²) in [6, 6.07) is 56.7. The van der Waals surface area contributed by atoms with Crippen LogP contribution in [-0.2, 0) is 0 Å². The lowest BCUT2D eigenvalue weighted by atomic mass is 9.82. The average Bonchev–Trinajstić information content (AvgIpc) is 3.69. The number of hydrogen-bond donors (Lipinski definition) is 0. The van der Waals surface area contributed by atoms with E-state index in [1.54, 1.807) is 0 Å². The van der Waals surface area contributed by atoms with E-state index in [-0.39, 0.29) is 35.7 Å². The Morgan fingerprint density at radius 3 is 1.42 bits per heavy atom. The van der Waals surface area contributed by atoms with E-state index >= 15 is 0 Å². The Bertz CT molecular complexity index is 3040.